The Bertz CT molecular complexity index is 1260. The summed E-state index contributed by atoms with van der Waals surface area (Å²) in [7, 11) is 1.65. The zero-order valence-corrected chi connectivity index (χ0v) is 18.9. The molecule has 158 valence electrons. The summed E-state index contributed by atoms with van der Waals surface area (Å²) in [6.45, 7) is 0.753. The molecular formula is C24H22N2O3S2. The number of nitrogens with zero attached hydrogens (tertiary/aromatic N) is 2. The monoisotopic (exact) mass is 450 g/mol. The number of methoxy groups -OCH3 is 1. The van der Waals surface area contributed by atoms with Crippen LogP contribution in [0.3, 0.4) is 0 Å². The van der Waals surface area contributed by atoms with Crippen LogP contribution in [0, 0.1) is 0 Å². The molecule has 4 aromatic rings. The molecule has 31 heavy (non-hydrogen) atoms. The lowest BCUT2D eigenvalue weighted by molar-refractivity contribution is 0.0995. The van der Waals surface area contributed by atoms with Crippen LogP contribution in [0.1, 0.15) is 10.4 Å². The minimum Gasteiger partial charge on any atom is -0.497 e. The van der Waals surface area contributed by atoms with Crippen molar-refractivity contribution in [3.05, 3.63) is 83.2 Å². The van der Waals surface area contributed by atoms with E-state index in [-0.39, 0.29) is 5.91 Å². The summed E-state index contributed by atoms with van der Waals surface area (Å²) in [5.41, 5.74) is 1.44. The number of carbonyl (C=O) groups is 1. The van der Waals surface area contributed by atoms with Crippen molar-refractivity contribution in [1.82, 2.24) is 4.57 Å². The quantitative estimate of drug-likeness (QED) is 0.367. The average molecular weight is 451 g/mol. The van der Waals surface area contributed by atoms with Gasteiger partial charge in [0.2, 0.25) is 0 Å². The van der Waals surface area contributed by atoms with Crippen molar-refractivity contribution in [2.45, 2.75) is 6.54 Å². The molecule has 1 amide bonds. The Labute approximate surface area is 189 Å². The van der Waals surface area contributed by atoms with Crippen LogP contribution in [0.4, 0.5) is 0 Å². The van der Waals surface area contributed by atoms with Gasteiger partial charge in [-0.1, -0.05) is 41.7 Å². The smallest absolute Gasteiger partial charge is 0.283 e. The first-order chi connectivity index (χ1) is 15.2. The van der Waals surface area contributed by atoms with Crippen molar-refractivity contribution < 1.29 is 14.3 Å². The van der Waals surface area contributed by atoms with Gasteiger partial charge < -0.3 is 14.0 Å². The number of aromatic nitrogens is 1. The maximum Gasteiger partial charge on any atom is 0.283 e. The first-order valence-corrected chi connectivity index (χ1v) is 12.0. The van der Waals surface area contributed by atoms with Crippen molar-refractivity contribution in [3.63, 3.8) is 0 Å². The van der Waals surface area contributed by atoms with Crippen molar-refractivity contribution in [1.29, 1.82) is 0 Å². The molecular weight excluding hydrogens is 428 g/mol. The molecule has 0 aliphatic heterocycles. The van der Waals surface area contributed by atoms with Gasteiger partial charge in [-0.25, -0.2) is 0 Å². The Balaban J connectivity index is 1.76. The Hall–Kier alpha value is -3.03. The van der Waals surface area contributed by atoms with Gasteiger partial charge in [0.15, 0.2) is 4.80 Å². The molecule has 5 nitrogen and oxygen atoms in total. The first-order valence-electron chi connectivity index (χ1n) is 9.77. The second-order valence-corrected chi connectivity index (χ2v) is 8.69. The fraction of sp³-hybridized carbons (Fsp3) is 0.167. The molecule has 1 heterocycles. The Morgan fingerprint density at radius 1 is 1.03 bits per heavy atom. The number of benzene rings is 3. The second-order valence-electron chi connectivity index (χ2n) is 6.69. The van der Waals surface area contributed by atoms with Crippen LogP contribution in [0.2, 0.25) is 0 Å². The molecule has 0 N–H and O–H groups in total. The van der Waals surface area contributed by atoms with Gasteiger partial charge >= 0.3 is 0 Å². The number of amides is 1. The van der Waals surface area contributed by atoms with Gasteiger partial charge in [0, 0.05) is 18.4 Å². The van der Waals surface area contributed by atoms with Crippen LogP contribution in [0.15, 0.2) is 77.8 Å². The SMILES string of the molecule is COc1ccc2sc(=NC(=O)c3ccccc3Oc3ccccc3)n(CCSC)c2c1. The highest BCUT2D eigenvalue weighted by atomic mass is 32.2. The molecule has 0 fully saturated rings. The number of thioether (sulfide) groups is 1. The van der Waals surface area contributed by atoms with Gasteiger partial charge in [-0.05, 0) is 42.7 Å². The molecule has 1 aromatic heterocycles. The van der Waals surface area contributed by atoms with E-state index in [4.69, 9.17) is 9.47 Å². The van der Waals surface area contributed by atoms with E-state index >= 15 is 0 Å². The van der Waals surface area contributed by atoms with Crippen LogP contribution in [-0.2, 0) is 6.54 Å². The number of carbonyl (C=O) groups excluding carboxylic acids is 1. The number of aryl methyl sites for hydroxylation is 1. The van der Waals surface area contributed by atoms with Crippen molar-refractivity contribution in [2.24, 2.45) is 4.99 Å². The predicted octanol–water partition coefficient (Wildman–Crippen LogP) is 5.61. The lowest BCUT2D eigenvalue weighted by Gasteiger charge is -2.09. The molecule has 0 unspecified atom stereocenters. The molecule has 0 aliphatic rings. The van der Waals surface area contributed by atoms with Crippen LogP contribution in [0.25, 0.3) is 10.2 Å². The highest BCUT2D eigenvalue weighted by molar-refractivity contribution is 7.98. The van der Waals surface area contributed by atoms with Gasteiger partial charge in [0.1, 0.15) is 17.2 Å². The molecule has 3 aromatic carbocycles. The van der Waals surface area contributed by atoms with Crippen molar-refractivity contribution >= 4 is 39.2 Å². The van der Waals surface area contributed by atoms with E-state index < -0.39 is 0 Å². The van der Waals surface area contributed by atoms with Crippen molar-refractivity contribution in [3.8, 4) is 17.2 Å². The Morgan fingerprint density at radius 2 is 1.81 bits per heavy atom. The molecule has 0 radical (unpaired) electrons. The third-order valence-electron chi connectivity index (χ3n) is 4.69. The minimum atomic E-state index is -0.331. The van der Waals surface area contributed by atoms with Gasteiger partial charge in [0.25, 0.3) is 5.91 Å². The number of hydrogen-bond donors (Lipinski definition) is 0. The third kappa shape index (κ3) is 4.84. The van der Waals surface area contributed by atoms with Crippen LogP contribution in [-0.4, -0.2) is 29.6 Å². The molecule has 4 rings (SSSR count). The number of para-hydroxylation sites is 2. The lowest BCUT2D eigenvalue weighted by Crippen LogP contribution is -2.18. The number of fused-ring (bicyclic) bond motifs is 1. The van der Waals surface area contributed by atoms with Gasteiger partial charge in [-0.3, -0.25) is 4.79 Å². The van der Waals surface area contributed by atoms with Gasteiger partial charge in [-0.2, -0.15) is 16.8 Å². The fourth-order valence-electron chi connectivity index (χ4n) is 3.15. The molecule has 0 aliphatic carbocycles. The van der Waals surface area contributed by atoms with Gasteiger partial charge in [-0.15, -0.1) is 0 Å². The molecule has 0 saturated carbocycles. The van der Waals surface area contributed by atoms with Crippen LogP contribution < -0.4 is 14.3 Å². The molecule has 0 atom stereocenters. The standard InChI is InChI=1S/C24H22N2O3S2/c1-28-18-12-13-22-20(16-18)26(14-15-30-2)24(31-22)25-23(27)19-10-6-7-11-21(19)29-17-8-4-3-5-9-17/h3-13,16H,14-15H2,1-2H3. The number of thiazole rings is 1. The summed E-state index contributed by atoms with van der Waals surface area (Å²) in [4.78, 5) is 18.3. The minimum absolute atomic E-state index is 0.331. The van der Waals surface area contributed by atoms with E-state index in [1.807, 2.05) is 60.7 Å². The summed E-state index contributed by atoms with van der Waals surface area (Å²) in [5, 5.41) is 0. The van der Waals surface area contributed by atoms with Crippen LogP contribution >= 0.6 is 23.1 Å². The lowest BCUT2D eigenvalue weighted by atomic mass is 10.2. The first kappa shape index (κ1) is 21.2. The van der Waals surface area contributed by atoms with E-state index in [1.165, 1.54) is 11.3 Å². The average Bonchev–Trinajstić information content (AvgIpc) is 3.14. The molecule has 0 saturated heterocycles. The summed E-state index contributed by atoms with van der Waals surface area (Å²) in [6, 6.07) is 22.5. The highest BCUT2D eigenvalue weighted by Crippen LogP contribution is 2.26. The normalized spacial score (nSPS) is 11.6. The third-order valence-corrected chi connectivity index (χ3v) is 6.34. The van der Waals surface area contributed by atoms with E-state index in [2.05, 4.69) is 15.8 Å². The van der Waals surface area contributed by atoms with E-state index in [0.717, 1.165) is 28.3 Å². The Kier molecular flexibility index (Phi) is 6.74. The number of hydrogen-bond acceptors (Lipinski definition) is 5. The Morgan fingerprint density at radius 3 is 2.58 bits per heavy atom. The topological polar surface area (TPSA) is 52.8 Å². The number of ether oxygens (including phenoxy) is 2. The van der Waals surface area contributed by atoms with E-state index in [9.17, 15) is 4.79 Å². The zero-order chi connectivity index (χ0) is 21.6. The fourth-order valence-corrected chi connectivity index (χ4v) is 4.55. The van der Waals surface area contributed by atoms with Gasteiger partial charge in [0.05, 0.1) is 22.9 Å². The summed E-state index contributed by atoms with van der Waals surface area (Å²) in [6.07, 6.45) is 2.06. The maximum atomic E-state index is 13.2. The van der Waals surface area contributed by atoms with E-state index in [0.29, 0.717) is 21.9 Å². The van der Waals surface area contributed by atoms with Crippen molar-refractivity contribution in [2.75, 3.05) is 19.1 Å². The predicted molar refractivity (Wildman–Crippen MR) is 128 cm³/mol. The number of rotatable bonds is 7. The summed E-state index contributed by atoms with van der Waals surface area (Å²) in [5.74, 6) is 2.52. The molecule has 0 spiro atoms. The maximum absolute atomic E-state index is 13.2. The molecule has 0 bridgehead atoms. The van der Waals surface area contributed by atoms with E-state index in [1.54, 1.807) is 31.0 Å². The summed E-state index contributed by atoms with van der Waals surface area (Å²) < 4.78 is 14.5. The molecule has 7 heteroatoms. The largest absolute Gasteiger partial charge is 0.497 e. The zero-order valence-electron chi connectivity index (χ0n) is 17.3. The highest BCUT2D eigenvalue weighted by Gasteiger charge is 2.14. The van der Waals surface area contributed by atoms with Crippen LogP contribution in [0.5, 0.6) is 17.2 Å². The summed E-state index contributed by atoms with van der Waals surface area (Å²) >= 11 is 3.25. The second kappa shape index (κ2) is 9.85.